The zero-order valence-corrected chi connectivity index (χ0v) is 14.1. The van der Waals surface area contributed by atoms with Crippen LogP contribution in [-0.4, -0.2) is 72.7 Å². The number of nitrogens with zero attached hydrogens (tertiary/aromatic N) is 4. The van der Waals surface area contributed by atoms with E-state index in [1.807, 2.05) is 31.2 Å². The molecule has 0 saturated carbocycles. The van der Waals surface area contributed by atoms with E-state index in [9.17, 15) is 0 Å². The van der Waals surface area contributed by atoms with Crippen LogP contribution in [0, 0.1) is 0 Å². The summed E-state index contributed by atoms with van der Waals surface area (Å²) in [5.41, 5.74) is 1.23. The molecular formula is C16H27N5O2. The fraction of sp³-hybridized carbons (Fsp3) is 0.750. The number of nitrogens with one attached hydrogen (secondary N) is 1. The number of guanidine groups is 1. The van der Waals surface area contributed by atoms with Gasteiger partial charge in [-0.2, -0.15) is 5.10 Å². The van der Waals surface area contributed by atoms with Crippen LogP contribution in [0.4, 0.5) is 0 Å². The number of ether oxygens (including phenoxy) is 2. The van der Waals surface area contributed by atoms with Crippen molar-refractivity contribution in [3.8, 4) is 0 Å². The van der Waals surface area contributed by atoms with Gasteiger partial charge in [-0.1, -0.05) is 0 Å². The summed E-state index contributed by atoms with van der Waals surface area (Å²) >= 11 is 0. The predicted octanol–water partition coefficient (Wildman–Crippen LogP) is 0.418. The highest BCUT2D eigenvalue weighted by Crippen LogP contribution is 2.20. The molecule has 23 heavy (non-hydrogen) atoms. The molecule has 0 spiro atoms. The van der Waals surface area contributed by atoms with Crippen LogP contribution in [0.1, 0.15) is 18.4 Å². The Morgan fingerprint density at radius 3 is 2.96 bits per heavy atom. The van der Waals surface area contributed by atoms with Crippen LogP contribution < -0.4 is 5.32 Å². The quantitative estimate of drug-likeness (QED) is 0.643. The lowest BCUT2D eigenvalue weighted by Gasteiger charge is -2.37. The third kappa shape index (κ3) is 4.23. The number of aromatic nitrogens is 2. The smallest absolute Gasteiger partial charge is 0.193 e. The van der Waals surface area contributed by atoms with E-state index in [-0.39, 0.29) is 12.2 Å². The van der Waals surface area contributed by atoms with E-state index >= 15 is 0 Å². The number of hydrogen-bond acceptors (Lipinski definition) is 4. The van der Waals surface area contributed by atoms with Crippen LogP contribution in [0.25, 0.3) is 0 Å². The van der Waals surface area contributed by atoms with Crippen molar-refractivity contribution in [2.45, 2.75) is 31.5 Å². The summed E-state index contributed by atoms with van der Waals surface area (Å²) in [6.07, 6.45) is 7.54. The van der Waals surface area contributed by atoms with E-state index in [1.165, 1.54) is 5.56 Å². The lowest BCUT2D eigenvalue weighted by Crippen LogP contribution is -2.53. The number of morpholine rings is 1. The van der Waals surface area contributed by atoms with E-state index in [2.05, 4.69) is 20.3 Å². The summed E-state index contributed by atoms with van der Waals surface area (Å²) in [6.45, 7) is 4.16. The fourth-order valence-electron chi connectivity index (χ4n) is 3.24. The Bertz CT molecular complexity index is 524. The van der Waals surface area contributed by atoms with Crippen molar-refractivity contribution < 1.29 is 9.47 Å². The van der Waals surface area contributed by atoms with Gasteiger partial charge in [0.25, 0.3) is 0 Å². The fourth-order valence-corrected chi connectivity index (χ4v) is 3.24. The number of rotatable bonds is 4. The summed E-state index contributed by atoms with van der Waals surface area (Å²) in [4.78, 5) is 6.70. The second-order valence-electron chi connectivity index (χ2n) is 6.15. The normalized spacial score (nSPS) is 25.8. The van der Waals surface area contributed by atoms with Gasteiger partial charge in [-0.25, -0.2) is 0 Å². The summed E-state index contributed by atoms with van der Waals surface area (Å²) in [5, 5.41) is 7.65. The first-order valence-electron chi connectivity index (χ1n) is 8.42. The average molecular weight is 321 g/mol. The Morgan fingerprint density at radius 1 is 1.39 bits per heavy atom. The second kappa shape index (κ2) is 7.79. The first-order valence-corrected chi connectivity index (χ1v) is 8.42. The molecule has 7 heteroatoms. The Labute approximate surface area is 137 Å². The van der Waals surface area contributed by atoms with Gasteiger partial charge in [0, 0.05) is 46.5 Å². The molecule has 1 N–H and O–H groups in total. The SMILES string of the molecule is CN=C(NCCc1cnn(C)c1)N1CCOC(C2CCCO2)C1. The minimum atomic E-state index is 0.156. The molecule has 2 fully saturated rings. The van der Waals surface area contributed by atoms with Crippen molar-refractivity contribution in [2.24, 2.45) is 12.0 Å². The van der Waals surface area contributed by atoms with Gasteiger partial charge in [0.1, 0.15) is 6.10 Å². The molecule has 2 saturated heterocycles. The Morgan fingerprint density at radius 2 is 2.26 bits per heavy atom. The zero-order chi connectivity index (χ0) is 16.1. The van der Waals surface area contributed by atoms with Crippen molar-refractivity contribution in [3.63, 3.8) is 0 Å². The van der Waals surface area contributed by atoms with Crippen molar-refractivity contribution in [3.05, 3.63) is 18.0 Å². The minimum Gasteiger partial charge on any atom is -0.375 e. The highest BCUT2D eigenvalue weighted by molar-refractivity contribution is 5.80. The maximum atomic E-state index is 5.90. The van der Waals surface area contributed by atoms with Crippen molar-refractivity contribution in [1.29, 1.82) is 0 Å². The van der Waals surface area contributed by atoms with Crippen LogP contribution in [-0.2, 0) is 22.9 Å². The second-order valence-corrected chi connectivity index (χ2v) is 6.15. The van der Waals surface area contributed by atoms with Crippen LogP contribution in [0.2, 0.25) is 0 Å². The van der Waals surface area contributed by atoms with Gasteiger partial charge in [0.15, 0.2) is 5.96 Å². The predicted molar refractivity (Wildman–Crippen MR) is 88.6 cm³/mol. The van der Waals surface area contributed by atoms with Gasteiger partial charge in [-0.05, 0) is 24.8 Å². The average Bonchev–Trinajstić information content (AvgIpc) is 3.23. The molecule has 7 nitrogen and oxygen atoms in total. The molecule has 0 aliphatic carbocycles. The van der Waals surface area contributed by atoms with E-state index in [0.717, 1.165) is 58.1 Å². The standard InChI is InChI=1S/C16H27N5O2/c1-17-16(18-6-5-13-10-19-20(2)11-13)21-7-9-23-15(12-21)14-4-3-8-22-14/h10-11,14-15H,3-9,12H2,1-2H3,(H,17,18). The highest BCUT2D eigenvalue weighted by atomic mass is 16.5. The molecule has 128 valence electrons. The molecule has 2 unspecified atom stereocenters. The molecule has 2 atom stereocenters. The molecule has 2 aliphatic rings. The molecular weight excluding hydrogens is 294 g/mol. The number of hydrogen-bond donors (Lipinski definition) is 1. The topological polar surface area (TPSA) is 63.9 Å². The first kappa shape index (κ1) is 16.3. The largest absolute Gasteiger partial charge is 0.375 e. The van der Waals surface area contributed by atoms with Gasteiger partial charge < -0.3 is 19.7 Å². The van der Waals surface area contributed by atoms with Crippen LogP contribution >= 0.6 is 0 Å². The Balaban J connectivity index is 1.49. The molecule has 2 aliphatic heterocycles. The molecule has 3 rings (SSSR count). The molecule has 1 aromatic heterocycles. The number of aliphatic imine (C=N–C) groups is 1. The van der Waals surface area contributed by atoms with Crippen LogP contribution in [0.15, 0.2) is 17.4 Å². The lowest BCUT2D eigenvalue weighted by molar-refractivity contribution is -0.0816. The van der Waals surface area contributed by atoms with Crippen molar-refractivity contribution >= 4 is 5.96 Å². The molecule has 3 heterocycles. The maximum Gasteiger partial charge on any atom is 0.193 e. The monoisotopic (exact) mass is 321 g/mol. The van der Waals surface area contributed by atoms with Gasteiger partial charge in [0.05, 0.1) is 18.9 Å². The van der Waals surface area contributed by atoms with Crippen LogP contribution in [0.5, 0.6) is 0 Å². The summed E-state index contributed by atoms with van der Waals surface area (Å²) in [7, 11) is 3.78. The third-order valence-corrected chi connectivity index (χ3v) is 4.44. The molecule has 1 aromatic rings. The van der Waals surface area contributed by atoms with Gasteiger partial charge in [-0.3, -0.25) is 9.67 Å². The van der Waals surface area contributed by atoms with Crippen LogP contribution in [0.3, 0.4) is 0 Å². The van der Waals surface area contributed by atoms with Gasteiger partial charge >= 0.3 is 0 Å². The van der Waals surface area contributed by atoms with Gasteiger partial charge in [-0.15, -0.1) is 0 Å². The number of aryl methyl sites for hydroxylation is 1. The van der Waals surface area contributed by atoms with Gasteiger partial charge in [0.2, 0.25) is 0 Å². The van der Waals surface area contributed by atoms with E-state index < -0.39 is 0 Å². The third-order valence-electron chi connectivity index (χ3n) is 4.44. The Kier molecular flexibility index (Phi) is 5.51. The molecule has 0 aromatic carbocycles. The van der Waals surface area contributed by atoms with E-state index in [1.54, 1.807) is 0 Å². The van der Waals surface area contributed by atoms with Crippen molar-refractivity contribution in [2.75, 3.05) is 39.9 Å². The molecule has 0 radical (unpaired) electrons. The van der Waals surface area contributed by atoms with Crippen molar-refractivity contribution in [1.82, 2.24) is 20.0 Å². The van der Waals surface area contributed by atoms with E-state index in [0.29, 0.717) is 0 Å². The molecule has 0 bridgehead atoms. The lowest BCUT2D eigenvalue weighted by atomic mass is 10.1. The zero-order valence-electron chi connectivity index (χ0n) is 14.1. The van der Waals surface area contributed by atoms with E-state index in [4.69, 9.17) is 9.47 Å². The Hall–Kier alpha value is -1.60. The minimum absolute atomic E-state index is 0.156. The first-order chi connectivity index (χ1) is 11.3. The maximum absolute atomic E-state index is 5.90. The summed E-state index contributed by atoms with van der Waals surface area (Å²) < 4.78 is 13.5. The summed E-state index contributed by atoms with van der Waals surface area (Å²) in [6, 6.07) is 0. The molecule has 0 amide bonds. The highest BCUT2D eigenvalue weighted by Gasteiger charge is 2.32. The summed E-state index contributed by atoms with van der Waals surface area (Å²) in [5.74, 6) is 0.945.